The summed E-state index contributed by atoms with van der Waals surface area (Å²) in [5, 5.41) is 8.06. The van der Waals surface area contributed by atoms with E-state index in [1.54, 1.807) is 6.20 Å². The SMILES string of the molecule is CCCn1nncc1C(Cc1ccccc1)NN. The van der Waals surface area contributed by atoms with Crippen molar-refractivity contribution in [2.45, 2.75) is 32.4 Å². The fraction of sp³-hybridized carbons (Fsp3) is 0.385. The molecule has 0 amide bonds. The van der Waals surface area contributed by atoms with Gasteiger partial charge in [-0.3, -0.25) is 11.3 Å². The Labute approximate surface area is 107 Å². The Morgan fingerprint density at radius 1 is 1.33 bits per heavy atom. The minimum Gasteiger partial charge on any atom is -0.271 e. The van der Waals surface area contributed by atoms with Crippen LogP contribution in [0.3, 0.4) is 0 Å². The standard InChI is InChI=1S/C13H19N5/c1-2-8-18-13(10-15-17-18)12(16-14)9-11-6-4-3-5-7-11/h3-7,10,12,16H,2,8-9,14H2,1H3. The van der Waals surface area contributed by atoms with Gasteiger partial charge in [0.1, 0.15) is 0 Å². The molecule has 18 heavy (non-hydrogen) atoms. The molecule has 1 aromatic carbocycles. The number of aryl methyl sites for hydroxylation is 1. The maximum Gasteiger partial charge on any atom is 0.0773 e. The number of aromatic nitrogens is 3. The van der Waals surface area contributed by atoms with Crippen LogP contribution in [0.5, 0.6) is 0 Å². The van der Waals surface area contributed by atoms with Gasteiger partial charge < -0.3 is 0 Å². The third kappa shape index (κ3) is 2.94. The van der Waals surface area contributed by atoms with Crippen LogP contribution in [-0.2, 0) is 13.0 Å². The molecule has 0 aliphatic carbocycles. The topological polar surface area (TPSA) is 68.8 Å². The van der Waals surface area contributed by atoms with Gasteiger partial charge in [-0.2, -0.15) is 0 Å². The molecule has 5 heteroatoms. The van der Waals surface area contributed by atoms with Gasteiger partial charge in [0.25, 0.3) is 0 Å². The van der Waals surface area contributed by atoms with Gasteiger partial charge in [-0.15, -0.1) is 5.10 Å². The molecule has 0 spiro atoms. The number of rotatable bonds is 6. The molecule has 1 atom stereocenters. The normalized spacial score (nSPS) is 12.6. The minimum absolute atomic E-state index is 0.0361. The summed E-state index contributed by atoms with van der Waals surface area (Å²) in [5.41, 5.74) is 5.12. The predicted molar refractivity (Wildman–Crippen MR) is 70.5 cm³/mol. The Balaban J connectivity index is 2.15. The first-order chi connectivity index (χ1) is 8.85. The second kappa shape index (κ2) is 6.28. The molecule has 2 rings (SSSR count). The predicted octanol–water partition coefficient (Wildman–Crippen LogP) is 1.44. The molecule has 0 aliphatic rings. The van der Waals surface area contributed by atoms with Crippen LogP contribution < -0.4 is 11.3 Å². The highest BCUT2D eigenvalue weighted by Crippen LogP contribution is 2.16. The van der Waals surface area contributed by atoms with Gasteiger partial charge in [0, 0.05) is 6.54 Å². The van der Waals surface area contributed by atoms with Crippen molar-refractivity contribution in [2.24, 2.45) is 5.84 Å². The molecule has 0 fully saturated rings. The summed E-state index contributed by atoms with van der Waals surface area (Å²) >= 11 is 0. The van der Waals surface area contributed by atoms with Crippen LogP contribution in [0.1, 0.15) is 30.6 Å². The first-order valence-corrected chi connectivity index (χ1v) is 6.23. The highest BCUT2D eigenvalue weighted by atomic mass is 15.4. The van der Waals surface area contributed by atoms with E-state index in [1.807, 2.05) is 22.9 Å². The van der Waals surface area contributed by atoms with Crippen molar-refractivity contribution >= 4 is 0 Å². The van der Waals surface area contributed by atoms with Gasteiger partial charge in [-0.1, -0.05) is 42.5 Å². The third-order valence-electron chi connectivity index (χ3n) is 2.92. The van der Waals surface area contributed by atoms with Crippen LogP contribution in [0, 0.1) is 0 Å². The van der Waals surface area contributed by atoms with Crippen LogP contribution in [-0.4, -0.2) is 15.0 Å². The van der Waals surface area contributed by atoms with Crippen LogP contribution in [0.15, 0.2) is 36.5 Å². The van der Waals surface area contributed by atoms with E-state index in [-0.39, 0.29) is 6.04 Å². The number of nitrogens with zero attached hydrogens (tertiary/aromatic N) is 3. The largest absolute Gasteiger partial charge is 0.271 e. The van der Waals surface area contributed by atoms with Crippen molar-refractivity contribution in [3.63, 3.8) is 0 Å². The van der Waals surface area contributed by atoms with Gasteiger partial charge in [0.05, 0.1) is 17.9 Å². The smallest absolute Gasteiger partial charge is 0.0773 e. The molecule has 0 saturated heterocycles. The average molecular weight is 245 g/mol. The molecule has 5 nitrogen and oxygen atoms in total. The van der Waals surface area contributed by atoms with Gasteiger partial charge in [0.2, 0.25) is 0 Å². The van der Waals surface area contributed by atoms with Gasteiger partial charge >= 0.3 is 0 Å². The third-order valence-corrected chi connectivity index (χ3v) is 2.92. The van der Waals surface area contributed by atoms with Crippen LogP contribution >= 0.6 is 0 Å². The summed E-state index contributed by atoms with van der Waals surface area (Å²) in [4.78, 5) is 0. The number of nitrogens with two attached hydrogens (primary N) is 1. The molecular weight excluding hydrogens is 226 g/mol. The Hall–Kier alpha value is -1.72. The summed E-state index contributed by atoms with van der Waals surface area (Å²) in [7, 11) is 0. The van der Waals surface area contributed by atoms with E-state index in [1.165, 1.54) is 5.56 Å². The number of benzene rings is 1. The molecule has 1 aromatic heterocycles. The zero-order chi connectivity index (χ0) is 12.8. The van der Waals surface area contributed by atoms with Crippen molar-refractivity contribution in [3.05, 3.63) is 47.8 Å². The molecular formula is C13H19N5. The number of hydrogen-bond donors (Lipinski definition) is 2. The van der Waals surface area contributed by atoms with E-state index in [9.17, 15) is 0 Å². The summed E-state index contributed by atoms with van der Waals surface area (Å²) in [6, 6.07) is 10.3. The number of hydrogen-bond acceptors (Lipinski definition) is 4. The van der Waals surface area contributed by atoms with E-state index in [0.717, 1.165) is 25.1 Å². The Morgan fingerprint density at radius 2 is 2.11 bits per heavy atom. The first kappa shape index (κ1) is 12.7. The van der Waals surface area contributed by atoms with Gasteiger partial charge in [0.15, 0.2) is 0 Å². The highest BCUT2D eigenvalue weighted by Gasteiger charge is 2.15. The molecule has 0 radical (unpaired) electrons. The zero-order valence-electron chi connectivity index (χ0n) is 10.6. The molecule has 0 aliphatic heterocycles. The van der Waals surface area contributed by atoms with E-state index in [2.05, 4.69) is 34.8 Å². The molecule has 3 N–H and O–H groups in total. The van der Waals surface area contributed by atoms with Crippen LogP contribution in [0.4, 0.5) is 0 Å². The molecule has 2 aromatic rings. The molecule has 96 valence electrons. The first-order valence-electron chi connectivity index (χ1n) is 6.23. The fourth-order valence-electron chi connectivity index (χ4n) is 2.02. The summed E-state index contributed by atoms with van der Waals surface area (Å²) in [6.07, 6.45) is 3.64. The maximum atomic E-state index is 5.66. The second-order valence-corrected chi connectivity index (χ2v) is 4.29. The summed E-state index contributed by atoms with van der Waals surface area (Å²) in [6.45, 7) is 2.98. The van der Waals surface area contributed by atoms with Crippen molar-refractivity contribution < 1.29 is 0 Å². The summed E-state index contributed by atoms with van der Waals surface area (Å²) in [5.74, 6) is 5.66. The van der Waals surface area contributed by atoms with E-state index >= 15 is 0 Å². The Bertz CT molecular complexity index is 465. The number of hydrazine groups is 1. The number of nitrogens with one attached hydrogen (secondary N) is 1. The lowest BCUT2D eigenvalue weighted by Crippen LogP contribution is -2.31. The summed E-state index contributed by atoms with van der Waals surface area (Å²) < 4.78 is 1.91. The quantitative estimate of drug-likeness (QED) is 0.597. The maximum absolute atomic E-state index is 5.66. The van der Waals surface area contributed by atoms with Crippen molar-refractivity contribution in [3.8, 4) is 0 Å². The van der Waals surface area contributed by atoms with Crippen LogP contribution in [0.2, 0.25) is 0 Å². The highest BCUT2D eigenvalue weighted by molar-refractivity contribution is 5.18. The Morgan fingerprint density at radius 3 is 2.78 bits per heavy atom. The lowest BCUT2D eigenvalue weighted by atomic mass is 10.0. The van der Waals surface area contributed by atoms with Crippen molar-refractivity contribution in [1.82, 2.24) is 20.4 Å². The van der Waals surface area contributed by atoms with E-state index < -0.39 is 0 Å². The average Bonchev–Trinajstić information content (AvgIpc) is 2.86. The molecule has 1 unspecified atom stereocenters. The van der Waals surface area contributed by atoms with E-state index in [4.69, 9.17) is 5.84 Å². The minimum atomic E-state index is 0.0361. The lowest BCUT2D eigenvalue weighted by Gasteiger charge is -2.16. The van der Waals surface area contributed by atoms with E-state index in [0.29, 0.717) is 0 Å². The van der Waals surface area contributed by atoms with Crippen LogP contribution in [0.25, 0.3) is 0 Å². The monoisotopic (exact) mass is 245 g/mol. The fourth-order valence-corrected chi connectivity index (χ4v) is 2.02. The molecule has 0 saturated carbocycles. The molecule has 0 bridgehead atoms. The zero-order valence-corrected chi connectivity index (χ0v) is 10.6. The molecule has 1 heterocycles. The second-order valence-electron chi connectivity index (χ2n) is 4.29. The van der Waals surface area contributed by atoms with Crippen molar-refractivity contribution in [2.75, 3.05) is 0 Å². The van der Waals surface area contributed by atoms with Gasteiger partial charge in [-0.05, 0) is 18.4 Å². The van der Waals surface area contributed by atoms with Crippen molar-refractivity contribution in [1.29, 1.82) is 0 Å². The van der Waals surface area contributed by atoms with Gasteiger partial charge in [-0.25, -0.2) is 4.68 Å². The Kier molecular flexibility index (Phi) is 4.44. The lowest BCUT2D eigenvalue weighted by molar-refractivity contribution is 0.474.